The molecule has 1 aromatic heterocycles. The largest absolute Gasteiger partial charge is 0.490 e. The van der Waals surface area contributed by atoms with Crippen molar-refractivity contribution < 1.29 is 14.5 Å². The van der Waals surface area contributed by atoms with Crippen molar-refractivity contribution in [2.45, 2.75) is 6.92 Å². The molecule has 3 aromatic rings. The smallest absolute Gasteiger partial charge is 0.311 e. The van der Waals surface area contributed by atoms with Gasteiger partial charge in [0, 0.05) is 28.3 Å². The van der Waals surface area contributed by atoms with Gasteiger partial charge in [-0.15, -0.1) is 11.3 Å². The molecule has 3 rings (SSSR count). The first kappa shape index (κ1) is 17.6. The number of rotatable bonds is 5. The van der Waals surface area contributed by atoms with Crippen molar-refractivity contribution in [1.29, 1.82) is 0 Å². The summed E-state index contributed by atoms with van der Waals surface area (Å²) in [6.45, 7) is 1.94. The summed E-state index contributed by atoms with van der Waals surface area (Å²) in [7, 11) is 1.34. The molecule has 1 N–H and O–H groups in total. The van der Waals surface area contributed by atoms with Gasteiger partial charge in [-0.3, -0.25) is 14.9 Å². The maximum absolute atomic E-state index is 12.4. The van der Waals surface area contributed by atoms with Crippen molar-refractivity contribution in [2.24, 2.45) is 0 Å². The van der Waals surface area contributed by atoms with Crippen LogP contribution in [0.2, 0.25) is 0 Å². The standard InChI is InChI=1S/C18H15N3O4S/c1-11-19-15(10-26-11)12-3-6-14(7-4-12)20-18(22)13-5-8-17(25-2)16(9-13)21(23)24/h3-10H,1-2H3,(H,20,22). The fourth-order valence-electron chi connectivity index (χ4n) is 2.40. The number of hydrogen-bond acceptors (Lipinski definition) is 6. The highest BCUT2D eigenvalue weighted by molar-refractivity contribution is 7.09. The number of nitrogens with zero attached hydrogens (tertiary/aromatic N) is 2. The van der Waals surface area contributed by atoms with Crippen LogP contribution in [0, 0.1) is 17.0 Å². The van der Waals surface area contributed by atoms with E-state index in [2.05, 4.69) is 10.3 Å². The highest BCUT2D eigenvalue weighted by Crippen LogP contribution is 2.28. The second-order valence-electron chi connectivity index (χ2n) is 5.43. The van der Waals surface area contributed by atoms with Gasteiger partial charge < -0.3 is 10.1 Å². The highest BCUT2D eigenvalue weighted by atomic mass is 32.1. The third-order valence-corrected chi connectivity index (χ3v) is 4.47. The number of thiazole rings is 1. The lowest BCUT2D eigenvalue weighted by Gasteiger charge is -2.07. The van der Waals surface area contributed by atoms with Crippen molar-refractivity contribution in [1.82, 2.24) is 4.98 Å². The van der Waals surface area contributed by atoms with E-state index in [1.165, 1.54) is 25.3 Å². The Morgan fingerprint density at radius 1 is 1.23 bits per heavy atom. The zero-order valence-corrected chi connectivity index (χ0v) is 14.9. The van der Waals surface area contributed by atoms with E-state index in [4.69, 9.17) is 4.74 Å². The molecular weight excluding hydrogens is 354 g/mol. The monoisotopic (exact) mass is 369 g/mol. The molecule has 2 aromatic carbocycles. The van der Waals surface area contributed by atoms with Crippen LogP contribution in [0.15, 0.2) is 47.8 Å². The zero-order chi connectivity index (χ0) is 18.7. The van der Waals surface area contributed by atoms with Gasteiger partial charge in [0.1, 0.15) is 0 Å². The summed E-state index contributed by atoms with van der Waals surface area (Å²) in [4.78, 5) is 27.3. The molecule has 0 atom stereocenters. The lowest BCUT2D eigenvalue weighted by atomic mass is 10.1. The number of benzene rings is 2. The number of carbonyl (C=O) groups is 1. The third kappa shape index (κ3) is 3.70. The Kier molecular flexibility index (Phi) is 4.94. The van der Waals surface area contributed by atoms with Gasteiger partial charge in [0.15, 0.2) is 5.75 Å². The topological polar surface area (TPSA) is 94.4 Å². The Balaban J connectivity index is 1.77. The number of hydrogen-bond donors (Lipinski definition) is 1. The number of anilines is 1. The number of nitrogens with one attached hydrogen (secondary N) is 1. The van der Waals surface area contributed by atoms with Crippen LogP contribution in [0.3, 0.4) is 0 Å². The number of nitro benzene ring substituents is 1. The van der Waals surface area contributed by atoms with Gasteiger partial charge in [0.2, 0.25) is 0 Å². The Morgan fingerprint density at radius 3 is 2.54 bits per heavy atom. The van der Waals surface area contributed by atoms with Crippen LogP contribution in [-0.4, -0.2) is 22.9 Å². The van der Waals surface area contributed by atoms with Gasteiger partial charge in [-0.25, -0.2) is 4.98 Å². The Bertz CT molecular complexity index is 967. The van der Waals surface area contributed by atoms with Gasteiger partial charge in [-0.2, -0.15) is 0 Å². The predicted octanol–water partition coefficient (Wildman–Crippen LogP) is 4.29. The third-order valence-electron chi connectivity index (χ3n) is 3.70. The molecule has 0 saturated heterocycles. The van der Waals surface area contributed by atoms with Crippen molar-refractivity contribution >= 4 is 28.6 Å². The lowest BCUT2D eigenvalue weighted by Crippen LogP contribution is -2.12. The van der Waals surface area contributed by atoms with Crippen LogP contribution in [0.5, 0.6) is 5.75 Å². The minimum atomic E-state index is -0.583. The average Bonchev–Trinajstić information content (AvgIpc) is 3.08. The van der Waals surface area contributed by atoms with Crippen LogP contribution in [0.1, 0.15) is 15.4 Å². The van der Waals surface area contributed by atoms with E-state index >= 15 is 0 Å². The molecule has 7 nitrogen and oxygen atoms in total. The van der Waals surface area contributed by atoms with E-state index in [1.807, 2.05) is 24.4 Å². The summed E-state index contributed by atoms with van der Waals surface area (Å²) < 4.78 is 4.94. The fourth-order valence-corrected chi connectivity index (χ4v) is 3.02. The number of carbonyl (C=O) groups excluding carboxylic acids is 1. The van der Waals surface area contributed by atoms with Crippen LogP contribution in [-0.2, 0) is 0 Å². The quantitative estimate of drug-likeness (QED) is 0.535. The molecule has 0 spiro atoms. The molecule has 0 unspecified atom stereocenters. The maximum Gasteiger partial charge on any atom is 0.311 e. The summed E-state index contributed by atoms with van der Waals surface area (Å²) in [6, 6.07) is 11.3. The summed E-state index contributed by atoms with van der Waals surface area (Å²) in [5, 5.41) is 16.8. The summed E-state index contributed by atoms with van der Waals surface area (Å²) in [5.41, 5.74) is 2.35. The van der Waals surface area contributed by atoms with Crippen LogP contribution >= 0.6 is 11.3 Å². The minimum Gasteiger partial charge on any atom is -0.490 e. The van der Waals surface area contributed by atoms with Crippen LogP contribution < -0.4 is 10.1 Å². The first-order valence-electron chi connectivity index (χ1n) is 7.64. The van der Waals surface area contributed by atoms with Crippen molar-refractivity contribution in [3.8, 4) is 17.0 Å². The molecule has 0 aliphatic heterocycles. The average molecular weight is 369 g/mol. The first-order valence-corrected chi connectivity index (χ1v) is 8.52. The summed E-state index contributed by atoms with van der Waals surface area (Å²) in [6.07, 6.45) is 0. The lowest BCUT2D eigenvalue weighted by molar-refractivity contribution is -0.385. The van der Waals surface area contributed by atoms with Crippen LogP contribution in [0.25, 0.3) is 11.3 Å². The van der Waals surface area contributed by atoms with Crippen molar-refractivity contribution in [3.63, 3.8) is 0 Å². The molecule has 0 bridgehead atoms. The van der Waals surface area contributed by atoms with E-state index < -0.39 is 10.8 Å². The molecule has 1 heterocycles. The van der Waals surface area contributed by atoms with Crippen molar-refractivity contribution in [2.75, 3.05) is 12.4 Å². The molecule has 132 valence electrons. The number of aromatic nitrogens is 1. The Labute approximate surface area is 153 Å². The van der Waals surface area contributed by atoms with Gasteiger partial charge >= 0.3 is 5.69 Å². The molecule has 26 heavy (non-hydrogen) atoms. The molecular formula is C18H15N3O4S. The van der Waals surface area contributed by atoms with Gasteiger partial charge in [0.05, 0.1) is 22.7 Å². The molecule has 0 fully saturated rings. The zero-order valence-electron chi connectivity index (χ0n) is 14.1. The van der Waals surface area contributed by atoms with E-state index in [0.717, 1.165) is 16.3 Å². The fraction of sp³-hybridized carbons (Fsp3) is 0.111. The molecule has 0 saturated carbocycles. The van der Waals surface area contributed by atoms with Gasteiger partial charge in [-0.05, 0) is 31.2 Å². The van der Waals surface area contributed by atoms with E-state index in [-0.39, 0.29) is 17.0 Å². The van der Waals surface area contributed by atoms with Crippen molar-refractivity contribution in [3.05, 3.63) is 68.5 Å². The Hall–Kier alpha value is -3.26. The maximum atomic E-state index is 12.4. The van der Waals surface area contributed by atoms with Gasteiger partial charge in [0.25, 0.3) is 5.91 Å². The minimum absolute atomic E-state index is 0.106. The predicted molar refractivity (Wildman–Crippen MR) is 99.9 cm³/mol. The number of aryl methyl sites for hydroxylation is 1. The summed E-state index contributed by atoms with van der Waals surface area (Å²) in [5.74, 6) is -0.331. The molecule has 1 amide bonds. The second-order valence-corrected chi connectivity index (χ2v) is 6.49. The first-order chi connectivity index (χ1) is 12.5. The number of nitro groups is 1. The molecule has 0 aliphatic rings. The van der Waals surface area contributed by atoms with E-state index in [9.17, 15) is 14.9 Å². The van der Waals surface area contributed by atoms with Gasteiger partial charge in [-0.1, -0.05) is 12.1 Å². The normalized spacial score (nSPS) is 10.4. The number of amides is 1. The summed E-state index contributed by atoms with van der Waals surface area (Å²) >= 11 is 1.57. The molecule has 0 radical (unpaired) electrons. The number of methoxy groups -OCH3 is 1. The second kappa shape index (κ2) is 7.32. The van der Waals surface area contributed by atoms with E-state index in [0.29, 0.717) is 5.69 Å². The Morgan fingerprint density at radius 2 is 1.96 bits per heavy atom. The molecule has 0 aliphatic carbocycles. The number of ether oxygens (including phenoxy) is 1. The van der Waals surface area contributed by atoms with Crippen LogP contribution in [0.4, 0.5) is 11.4 Å². The highest BCUT2D eigenvalue weighted by Gasteiger charge is 2.18. The SMILES string of the molecule is COc1ccc(C(=O)Nc2ccc(-c3csc(C)n3)cc2)cc1[N+](=O)[O-]. The molecule has 8 heteroatoms. The van der Waals surface area contributed by atoms with E-state index in [1.54, 1.807) is 23.5 Å².